The molecule has 0 atom stereocenters. The smallest absolute Gasteiger partial charge is 0.108 e. The molecule has 3 nitrogen and oxygen atoms in total. The number of rotatable bonds is 4. The summed E-state index contributed by atoms with van der Waals surface area (Å²) in [4.78, 5) is 7.81. The van der Waals surface area contributed by atoms with Gasteiger partial charge in [-0.25, -0.2) is 4.98 Å². The first kappa shape index (κ1) is 12.4. The van der Waals surface area contributed by atoms with E-state index >= 15 is 0 Å². The molecule has 0 unspecified atom stereocenters. The predicted octanol–water partition coefficient (Wildman–Crippen LogP) is 3.40. The van der Waals surface area contributed by atoms with Crippen molar-refractivity contribution in [1.82, 2.24) is 9.97 Å². The molecule has 1 aromatic carbocycles. The van der Waals surface area contributed by atoms with Crippen molar-refractivity contribution in [1.29, 1.82) is 5.26 Å². The highest BCUT2D eigenvalue weighted by Crippen LogP contribution is 2.22. The van der Waals surface area contributed by atoms with E-state index in [0.29, 0.717) is 12.8 Å². The zero-order valence-electron chi connectivity index (χ0n) is 10.8. The van der Waals surface area contributed by atoms with Crippen LogP contribution in [0.5, 0.6) is 0 Å². The van der Waals surface area contributed by atoms with Gasteiger partial charge < -0.3 is 4.98 Å². The molecule has 92 valence electrons. The Balaban J connectivity index is 2.26. The molecule has 2 aromatic rings. The number of hydrogen-bond acceptors (Lipinski definition) is 2. The Hall–Kier alpha value is -2.08. The van der Waals surface area contributed by atoms with E-state index in [-0.39, 0.29) is 0 Å². The molecule has 2 rings (SSSR count). The van der Waals surface area contributed by atoms with Gasteiger partial charge in [0.25, 0.3) is 0 Å². The van der Waals surface area contributed by atoms with Crippen LogP contribution in [0.25, 0.3) is 11.3 Å². The molecular formula is C15H17N3. The second kappa shape index (κ2) is 5.50. The number of benzene rings is 1. The molecule has 1 aromatic heterocycles. The summed E-state index contributed by atoms with van der Waals surface area (Å²) in [5.41, 5.74) is 4.51. The Bertz CT molecular complexity index is 558. The van der Waals surface area contributed by atoms with Crippen molar-refractivity contribution in [2.45, 2.75) is 33.1 Å². The van der Waals surface area contributed by atoms with Gasteiger partial charge in [0.1, 0.15) is 5.82 Å². The van der Waals surface area contributed by atoms with Crippen LogP contribution in [0.2, 0.25) is 0 Å². The molecule has 0 radical (unpaired) electrons. The van der Waals surface area contributed by atoms with Crippen LogP contribution in [-0.4, -0.2) is 9.97 Å². The van der Waals surface area contributed by atoms with Gasteiger partial charge >= 0.3 is 0 Å². The summed E-state index contributed by atoms with van der Waals surface area (Å²) in [6.45, 7) is 4.17. The lowest BCUT2D eigenvalue weighted by molar-refractivity contribution is 0.913. The Kier molecular flexibility index (Phi) is 3.78. The molecule has 0 aliphatic carbocycles. The van der Waals surface area contributed by atoms with Crippen LogP contribution in [0, 0.1) is 18.3 Å². The minimum Gasteiger partial charge on any atom is -0.346 e. The summed E-state index contributed by atoms with van der Waals surface area (Å²) in [6.07, 6.45) is 2.23. The molecule has 1 N–H and O–H groups in total. The fraction of sp³-hybridized carbons (Fsp3) is 0.333. The topological polar surface area (TPSA) is 52.5 Å². The second-order valence-corrected chi connectivity index (χ2v) is 4.37. The number of hydrogen-bond donors (Lipinski definition) is 1. The monoisotopic (exact) mass is 239 g/mol. The van der Waals surface area contributed by atoms with E-state index < -0.39 is 0 Å². The van der Waals surface area contributed by atoms with Crippen LogP contribution >= 0.6 is 0 Å². The summed E-state index contributed by atoms with van der Waals surface area (Å²) in [6, 6.07) is 10.6. The molecule has 0 spiro atoms. The van der Waals surface area contributed by atoms with Crippen molar-refractivity contribution in [3.05, 3.63) is 41.3 Å². The molecule has 0 aliphatic rings. The largest absolute Gasteiger partial charge is 0.346 e. The Morgan fingerprint density at radius 1 is 1.28 bits per heavy atom. The number of aryl methyl sites for hydroxylation is 3. The van der Waals surface area contributed by atoms with Gasteiger partial charge in [0, 0.05) is 24.1 Å². The highest BCUT2D eigenvalue weighted by molar-refractivity contribution is 5.62. The standard InChI is InChI=1S/C15H17N3/c1-3-12-6-8-13(9-7-12)15-11(2)17-14(18-15)5-4-10-16/h6-9H,3-5H2,1-2H3,(H,17,18). The zero-order chi connectivity index (χ0) is 13.0. The molecule has 3 heteroatoms. The van der Waals surface area contributed by atoms with Crippen molar-refractivity contribution < 1.29 is 0 Å². The van der Waals surface area contributed by atoms with Gasteiger partial charge in [-0.15, -0.1) is 0 Å². The number of aromatic amines is 1. The normalized spacial score (nSPS) is 10.3. The minimum absolute atomic E-state index is 0.501. The highest BCUT2D eigenvalue weighted by Gasteiger charge is 2.08. The molecule has 18 heavy (non-hydrogen) atoms. The molecule has 1 heterocycles. The Morgan fingerprint density at radius 2 is 2.00 bits per heavy atom. The summed E-state index contributed by atoms with van der Waals surface area (Å²) < 4.78 is 0. The quantitative estimate of drug-likeness (QED) is 0.889. The highest BCUT2D eigenvalue weighted by atomic mass is 14.9. The Labute approximate surface area is 107 Å². The van der Waals surface area contributed by atoms with E-state index in [4.69, 9.17) is 5.26 Å². The van der Waals surface area contributed by atoms with E-state index in [2.05, 4.69) is 47.2 Å². The summed E-state index contributed by atoms with van der Waals surface area (Å²) >= 11 is 0. The molecule has 0 saturated heterocycles. The van der Waals surface area contributed by atoms with Crippen molar-refractivity contribution >= 4 is 0 Å². The van der Waals surface area contributed by atoms with Gasteiger partial charge in [0.15, 0.2) is 0 Å². The van der Waals surface area contributed by atoms with E-state index in [1.807, 2.05) is 6.92 Å². The first-order chi connectivity index (χ1) is 8.74. The summed E-state index contributed by atoms with van der Waals surface area (Å²) in [5, 5.41) is 8.59. The zero-order valence-corrected chi connectivity index (χ0v) is 10.8. The van der Waals surface area contributed by atoms with Crippen LogP contribution in [0.3, 0.4) is 0 Å². The van der Waals surface area contributed by atoms with Crippen molar-refractivity contribution in [2.24, 2.45) is 0 Å². The van der Waals surface area contributed by atoms with Crippen molar-refractivity contribution in [3.8, 4) is 17.3 Å². The fourth-order valence-electron chi connectivity index (χ4n) is 1.99. The second-order valence-electron chi connectivity index (χ2n) is 4.37. The van der Waals surface area contributed by atoms with Gasteiger partial charge in [0.2, 0.25) is 0 Å². The SMILES string of the molecule is CCc1ccc(-c2nc(CCC#N)[nH]c2C)cc1. The number of nitriles is 1. The third kappa shape index (κ3) is 2.60. The van der Waals surface area contributed by atoms with Gasteiger partial charge in [-0.2, -0.15) is 5.26 Å². The van der Waals surface area contributed by atoms with Gasteiger partial charge in [-0.1, -0.05) is 31.2 Å². The fourth-order valence-corrected chi connectivity index (χ4v) is 1.99. The van der Waals surface area contributed by atoms with Crippen molar-refractivity contribution in [3.63, 3.8) is 0 Å². The number of aromatic nitrogens is 2. The molecule has 0 aliphatic heterocycles. The molecule has 0 amide bonds. The van der Waals surface area contributed by atoms with E-state index in [0.717, 1.165) is 29.2 Å². The van der Waals surface area contributed by atoms with Gasteiger partial charge in [0.05, 0.1) is 11.8 Å². The molecule has 0 bridgehead atoms. The lowest BCUT2D eigenvalue weighted by Gasteiger charge is -2.00. The Morgan fingerprint density at radius 3 is 2.61 bits per heavy atom. The predicted molar refractivity (Wildman–Crippen MR) is 72.1 cm³/mol. The lowest BCUT2D eigenvalue weighted by atomic mass is 10.1. The molecule has 0 saturated carbocycles. The maximum atomic E-state index is 8.59. The van der Waals surface area contributed by atoms with Crippen LogP contribution in [0.15, 0.2) is 24.3 Å². The third-order valence-corrected chi connectivity index (χ3v) is 3.04. The van der Waals surface area contributed by atoms with E-state index in [1.54, 1.807) is 0 Å². The maximum absolute atomic E-state index is 8.59. The third-order valence-electron chi connectivity index (χ3n) is 3.04. The number of nitrogens with one attached hydrogen (secondary N) is 1. The lowest BCUT2D eigenvalue weighted by Crippen LogP contribution is -1.86. The molecule has 0 fully saturated rings. The van der Waals surface area contributed by atoms with Crippen LogP contribution in [-0.2, 0) is 12.8 Å². The van der Waals surface area contributed by atoms with E-state index in [1.165, 1.54) is 5.56 Å². The summed E-state index contributed by atoms with van der Waals surface area (Å²) in [5.74, 6) is 0.892. The van der Waals surface area contributed by atoms with Crippen molar-refractivity contribution in [2.75, 3.05) is 0 Å². The maximum Gasteiger partial charge on any atom is 0.108 e. The van der Waals surface area contributed by atoms with Gasteiger partial charge in [-0.3, -0.25) is 0 Å². The number of imidazole rings is 1. The van der Waals surface area contributed by atoms with Gasteiger partial charge in [-0.05, 0) is 18.9 Å². The van der Waals surface area contributed by atoms with Crippen LogP contribution in [0.4, 0.5) is 0 Å². The van der Waals surface area contributed by atoms with E-state index in [9.17, 15) is 0 Å². The average Bonchev–Trinajstić information content (AvgIpc) is 2.78. The number of H-pyrrole nitrogens is 1. The summed E-state index contributed by atoms with van der Waals surface area (Å²) in [7, 11) is 0. The number of nitrogens with zero attached hydrogens (tertiary/aromatic N) is 2. The minimum atomic E-state index is 0.501. The van der Waals surface area contributed by atoms with Crippen LogP contribution in [0.1, 0.15) is 30.4 Å². The first-order valence-corrected chi connectivity index (χ1v) is 6.26. The average molecular weight is 239 g/mol. The first-order valence-electron chi connectivity index (χ1n) is 6.26. The molecular weight excluding hydrogens is 222 g/mol. The van der Waals surface area contributed by atoms with Crippen LogP contribution < -0.4 is 0 Å².